The van der Waals surface area contributed by atoms with Gasteiger partial charge >= 0.3 is 15.5 Å². The largest absolute Gasteiger partial charge is 0.506 e. The van der Waals surface area contributed by atoms with Crippen LogP contribution in [0.25, 0.3) is 21.8 Å². The molecule has 5 N–H and O–H groups in total. The summed E-state index contributed by atoms with van der Waals surface area (Å²) in [5.74, 6) is -1.11. The van der Waals surface area contributed by atoms with E-state index in [0.717, 1.165) is 31.4 Å². The normalized spacial score (nSPS) is 12.9. The molecule has 6 rings (SSSR count). The number of aromatic hydroxyl groups is 1. The first-order chi connectivity index (χ1) is 29.7. The van der Waals surface area contributed by atoms with Crippen LogP contribution in [0.3, 0.4) is 0 Å². The monoisotopic (exact) mass is 1250 g/mol. The molecule has 0 saturated carbocycles. The van der Waals surface area contributed by atoms with E-state index in [2.05, 4.69) is 57.2 Å². The Balaban J connectivity index is 0.000000297. The Morgan fingerprint density at radius 2 is 1.05 bits per heavy atom. The maximum absolute atomic E-state index is 13.7. The number of nitrogens with one attached hydrogen (secondary N) is 4. The molecule has 6 aromatic rings. The number of sulfonamides is 2. The minimum atomic E-state index is -4.89. The molecule has 0 fully saturated rings. The molecule has 0 amide bonds. The number of methoxy groups -OCH3 is 1. The molecular formula is C36H30BBr3Cl6F6N4O6S2. The predicted octanol–water partition coefficient (Wildman–Crippen LogP) is 13.1. The van der Waals surface area contributed by atoms with Crippen molar-refractivity contribution < 1.29 is 53.0 Å². The quantitative estimate of drug-likeness (QED) is 0.0495. The number of hydrogen-bond acceptors (Lipinski definition) is 6. The number of H-pyrrole nitrogens is 2. The third-order valence-electron chi connectivity index (χ3n) is 8.30. The summed E-state index contributed by atoms with van der Waals surface area (Å²) in [4.78, 5) is 4.24. The second-order valence-electron chi connectivity index (χ2n) is 12.6. The van der Waals surface area contributed by atoms with Gasteiger partial charge in [0.05, 0.1) is 22.5 Å². The van der Waals surface area contributed by atoms with Gasteiger partial charge in [0.2, 0.25) is 20.0 Å². The Morgan fingerprint density at radius 1 is 0.688 bits per heavy atom. The summed E-state index contributed by atoms with van der Waals surface area (Å²) in [5, 5.41) is 10.3. The van der Waals surface area contributed by atoms with E-state index in [9.17, 15) is 48.3 Å². The van der Waals surface area contributed by atoms with Crippen molar-refractivity contribution in [3.8, 4) is 11.5 Å². The average molecular weight is 1260 g/mol. The molecule has 2 atom stereocenters. The van der Waals surface area contributed by atoms with E-state index in [1.54, 1.807) is 58.0 Å². The highest BCUT2D eigenvalue weighted by Gasteiger charge is 2.45. The summed E-state index contributed by atoms with van der Waals surface area (Å²) in [6, 6.07) is 12.8. The average Bonchev–Trinajstić information content (AvgIpc) is 3.76. The number of para-hydroxylation sites is 2. The Kier molecular flexibility index (Phi) is 21.6. The highest BCUT2D eigenvalue weighted by Crippen LogP contribution is 2.37. The lowest BCUT2D eigenvalue weighted by molar-refractivity contribution is -0.151. The van der Waals surface area contributed by atoms with E-state index in [1.165, 1.54) is 12.4 Å². The summed E-state index contributed by atoms with van der Waals surface area (Å²) in [6.07, 6.45) is -8.19. The van der Waals surface area contributed by atoms with Crippen molar-refractivity contribution in [2.45, 2.75) is 47.1 Å². The molecule has 2 aromatic heterocycles. The number of aromatic amines is 2. The van der Waals surface area contributed by atoms with Crippen LogP contribution in [0, 0.1) is 0 Å². The minimum absolute atomic E-state index is 0.0624. The number of aromatic nitrogens is 2. The first-order valence-corrected chi connectivity index (χ1v) is 25.5. The molecule has 0 aliphatic heterocycles. The van der Waals surface area contributed by atoms with Crippen molar-refractivity contribution in [1.29, 1.82) is 0 Å². The van der Waals surface area contributed by atoms with Crippen LogP contribution in [0.5, 0.6) is 11.5 Å². The highest BCUT2D eigenvalue weighted by molar-refractivity contribution is 9.69. The maximum atomic E-state index is 13.7. The van der Waals surface area contributed by atoms with Crippen molar-refractivity contribution in [3.63, 3.8) is 0 Å². The summed E-state index contributed by atoms with van der Waals surface area (Å²) in [7, 11) is -8.32. The lowest BCUT2D eigenvalue weighted by Gasteiger charge is -2.22. The topological polar surface area (TPSA) is 153 Å². The molecule has 10 nitrogen and oxygen atoms in total. The molecule has 0 saturated heterocycles. The molecule has 28 heteroatoms. The van der Waals surface area contributed by atoms with Crippen molar-refractivity contribution in [1.82, 2.24) is 19.4 Å². The SMILES string of the molecule is BrB(Br)Br.COc1cc(Cl)cc(Cl)c1S(=O)(=O)NC(Cc1c[nH]c2ccccc12)C(F)(F)F.ClCCl.O=S(=O)(NC(Cc1c[nH]c2ccccc12)C(F)(F)F)c1c(O)cc(Cl)cc1Cl. The Bertz CT molecular complexity index is 2710. The van der Waals surface area contributed by atoms with Gasteiger partial charge in [0.15, 0.2) is 0 Å². The van der Waals surface area contributed by atoms with Gasteiger partial charge in [-0.15, -0.1) is 70.5 Å². The third kappa shape index (κ3) is 16.2. The lowest BCUT2D eigenvalue weighted by atomic mass is 10.1. The minimum Gasteiger partial charge on any atom is -0.506 e. The number of benzene rings is 4. The van der Waals surface area contributed by atoms with E-state index in [-0.39, 0.29) is 34.9 Å². The first-order valence-electron chi connectivity index (χ1n) is 17.2. The third-order valence-corrected chi connectivity index (χ3v) is 12.7. The molecule has 4 aromatic carbocycles. The van der Waals surface area contributed by atoms with Crippen LogP contribution in [-0.2, 0) is 32.9 Å². The first kappa shape index (κ1) is 56.5. The fourth-order valence-electron chi connectivity index (χ4n) is 5.74. The summed E-state index contributed by atoms with van der Waals surface area (Å²) >= 11 is 42.0. The van der Waals surface area contributed by atoms with Gasteiger partial charge in [-0.1, -0.05) is 82.8 Å². The second kappa shape index (κ2) is 24.5. The number of ether oxygens (including phenoxy) is 1. The Labute approximate surface area is 418 Å². The number of halogens is 15. The van der Waals surface area contributed by atoms with Gasteiger partial charge in [-0.3, -0.25) is 0 Å². The zero-order chi connectivity index (χ0) is 48.4. The number of hydrogen-bond donors (Lipinski definition) is 5. The van der Waals surface area contributed by atoms with Gasteiger partial charge in [-0.05, 0) is 48.2 Å². The number of fused-ring (bicyclic) bond motifs is 2. The van der Waals surface area contributed by atoms with Crippen molar-refractivity contribution in [2.24, 2.45) is 0 Å². The molecule has 0 bridgehead atoms. The number of phenols is 1. The fourth-order valence-corrected chi connectivity index (χ4v) is 10.1. The van der Waals surface area contributed by atoms with Gasteiger partial charge in [-0.25, -0.2) is 16.8 Å². The van der Waals surface area contributed by atoms with E-state index >= 15 is 0 Å². The predicted molar refractivity (Wildman–Crippen MR) is 255 cm³/mol. The molecule has 64 heavy (non-hydrogen) atoms. The van der Waals surface area contributed by atoms with E-state index < -0.39 is 77.9 Å². The second-order valence-corrected chi connectivity index (χ2v) is 24.8. The standard InChI is InChI=1S/C18H15Cl2F3N2O3S.C17H13Cl2F3N2O3S.CH2Cl2.BBr3/c1-28-15-8-11(19)7-13(20)17(15)29(26,27)25-16(18(21,22)23)6-10-9-24-14-5-3-2-4-12(10)14;18-10-6-12(19)16(14(25)7-10)28(26,27)24-15(17(20,21)22)5-9-8-23-13-4-2-1-3-11(9)13;2-1-3;2-1(3)4/h2-5,7-9,16,24-25H,6H2,1H3;1-4,6-8,15,23-25H,5H2;1H2;. The fraction of sp³-hybridized carbons (Fsp3) is 0.222. The van der Waals surface area contributed by atoms with Crippen LogP contribution in [0.4, 0.5) is 26.3 Å². The van der Waals surface area contributed by atoms with Gasteiger partial charge in [0.25, 0.3) is 0 Å². The zero-order valence-electron chi connectivity index (χ0n) is 31.9. The smallest absolute Gasteiger partial charge is 0.405 e. The van der Waals surface area contributed by atoms with Crippen LogP contribution >= 0.6 is 117 Å². The lowest BCUT2D eigenvalue weighted by Crippen LogP contribution is -2.46. The number of phenolic OH excluding ortho intramolecular Hbond substituents is 1. The van der Waals surface area contributed by atoms with Crippen molar-refractivity contribution in [2.75, 3.05) is 12.4 Å². The maximum Gasteiger partial charge on any atom is 0.405 e. The Morgan fingerprint density at radius 3 is 1.42 bits per heavy atom. The molecule has 0 aliphatic rings. The number of rotatable bonds is 11. The molecule has 0 radical (unpaired) electrons. The molecular weight excluding hydrogens is 1230 g/mol. The summed E-state index contributed by atoms with van der Waals surface area (Å²) in [5.41, 5.74) is 1.88. The molecule has 350 valence electrons. The van der Waals surface area contributed by atoms with E-state index in [4.69, 9.17) is 74.3 Å². The summed E-state index contributed by atoms with van der Waals surface area (Å²) in [6.45, 7) is 0. The molecule has 2 unspecified atom stereocenters. The van der Waals surface area contributed by atoms with Crippen molar-refractivity contribution in [3.05, 3.63) is 116 Å². The van der Waals surface area contributed by atoms with E-state index in [1.807, 2.05) is 0 Å². The Hall–Kier alpha value is -1.80. The van der Waals surface area contributed by atoms with E-state index in [0.29, 0.717) is 27.4 Å². The molecule has 0 spiro atoms. The van der Waals surface area contributed by atoms with Crippen LogP contribution in [0.2, 0.25) is 20.1 Å². The van der Waals surface area contributed by atoms with Gasteiger partial charge < -0.3 is 19.8 Å². The van der Waals surface area contributed by atoms with Crippen LogP contribution in [-0.4, -0.2) is 72.0 Å². The van der Waals surface area contributed by atoms with Gasteiger partial charge in [-0.2, -0.15) is 35.8 Å². The molecule has 0 aliphatic carbocycles. The van der Waals surface area contributed by atoms with Gasteiger partial charge in [0, 0.05) is 56.4 Å². The van der Waals surface area contributed by atoms with Crippen LogP contribution in [0.15, 0.2) is 95.0 Å². The number of alkyl halides is 8. The zero-order valence-corrected chi connectivity index (χ0v) is 42.8. The van der Waals surface area contributed by atoms with Crippen molar-refractivity contribution >= 4 is 162 Å². The van der Waals surface area contributed by atoms with Crippen LogP contribution in [0.1, 0.15) is 11.1 Å². The highest BCUT2D eigenvalue weighted by atomic mass is 79.9. The van der Waals surface area contributed by atoms with Crippen LogP contribution < -0.4 is 14.2 Å². The molecule has 2 heterocycles. The summed E-state index contributed by atoms with van der Waals surface area (Å²) < 4.78 is 141. The van der Waals surface area contributed by atoms with Gasteiger partial charge in [0.1, 0.15) is 33.4 Å².